The molecule has 2 aromatic carbocycles. The monoisotopic (exact) mass is 305 g/mol. The zero-order valence-electron chi connectivity index (χ0n) is 11.5. The van der Waals surface area contributed by atoms with Gasteiger partial charge in [0, 0.05) is 18.5 Å². The number of amides is 1. The van der Waals surface area contributed by atoms with Gasteiger partial charge in [-0.25, -0.2) is 0 Å². The van der Waals surface area contributed by atoms with Crippen LogP contribution in [-0.2, 0) is 6.54 Å². The fourth-order valence-corrected chi connectivity index (χ4v) is 2.54. The average Bonchev–Trinajstić information content (AvgIpc) is 2.48. The first-order valence-electron chi connectivity index (χ1n) is 6.24. The third kappa shape index (κ3) is 3.56. The van der Waals surface area contributed by atoms with Gasteiger partial charge in [-0.3, -0.25) is 4.79 Å². The maximum atomic E-state index is 12.3. The summed E-state index contributed by atoms with van der Waals surface area (Å²) in [6, 6.07) is 15.3. The van der Waals surface area contributed by atoms with Crippen molar-refractivity contribution in [1.82, 2.24) is 4.90 Å². The van der Waals surface area contributed by atoms with Crippen molar-refractivity contribution in [2.75, 3.05) is 13.3 Å². The lowest BCUT2D eigenvalue weighted by atomic mass is 10.1. The Bertz CT molecular complexity index is 598. The van der Waals surface area contributed by atoms with Crippen LogP contribution in [0.2, 0.25) is 5.02 Å². The van der Waals surface area contributed by atoms with Crippen molar-refractivity contribution in [2.24, 2.45) is 0 Å². The van der Waals surface area contributed by atoms with E-state index in [9.17, 15) is 4.79 Å². The van der Waals surface area contributed by atoms with Crippen LogP contribution in [0.25, 0.3) is 0 Å². The van der Waals surface area contributed by atoms with Crippen LogP contribution in [0, 0.1) is 0 Å². The number of thioether (sulfide) groups is 1. The van der Waals surface area contributed by atoms with Crippen molar-refractivity contribution in [3.8, 4) is 0 Å². The highest BCUT2D eigenvalue weighted by molar-refractivity contribution is 7.98. The largest absolute Gasteiger partial charge is 0.337 e. The van der Waals surface area contributed by atoms with Gasteiger partial charge >= 0.3 is 0 Å². The van der Waals surface area contributed by atoms with Crippen molar-refractivity contribution in [3.05, 3.63) is 64.7 Å². The number of hydrogen-bond donors (Lipinski definition) is 0. The summed E-state index contributed by atoms with van der Waals surface area (Å²) in [5.74, 6) is -0.0652. The molecule has 2 rings (SSSR count). The number of hydrogen-bond acceptors (Lipinski definition) is 2. The highest BCUT2D eigenvalue weighted by atomic mass is 35.5. The number of carbonyl (C=O) groups excluding carboxylic acids is 1. The van der Waals surface area contributed by atoms with Crippen LogP contribution in [0.1, 0.15) is 15.9 Å². The van der Waals surface area contributed by atoms with Crippen LogP contribution in [0.5, 0.6) is 0 Å². The summed E-state index contributed by atoms with van der Waals surface area (Å²) < 4.78 is 0. The van der Waals surface area contributed by atoms with Crippen LogP contribution in [0.15, 0.2) is 53.4 Å². The summed E-state index contributed by atoms with van der Waals surface area (Å²) >= 11 is 7.76. The summed E-state index contributed by atoms with van der Waals surface area (Å²) in [5, 5.41) is 0.488. The zero-order chi connectivity index (χ0) is 14.5. The second-order valence-corrected chi connectivity index (χ2v) is 5.78. The minimum atomic E-state index is -0.0652. The minimum Gasteiger partial charge on any atom is -0.337 e. The van der Waals surface area contributed by atoms with E-state index in [1.54, 1.807) is 35.8 Å². The number of rotatable bonds is 4. The average molecular weight is 306 g/mol. The molecule has 0 unspecified atom stereocenters. The quantitative estimate of drug-likeness (QED) is 0.783. The molecule has 0 N–H and O–H groups in total. The number of halogens is 1. The van der Waals surface area contributed by atoms with Crippen LogP contribution < -0.4 is 0 Å². The summed E-state index contributed by atoms with van der Waals surface area (Å²) in [6.07, 6.45) is 2.04. The molecule has 0 radical (unpaired) electrons. The van der Waals surface area contributed by atoms with E-state index in [4.69, 9.17) is 11.6 Å². The van der Waals surface area contributed by atoms with Gasteiger partial charge in [-0.05, 0) is 36.1 Å². The molecule has 0 aromatic heterocycles. The third-order valence-electron chi connectivity index (χ3n) is 3.03. The molecular formula is C16H16ClNOS. The molecule has 0 saturated heterocycles. The summed E-state index contributed by atoms with van der Waals surface area (Å²) in [4.78, 5) is 15.2. The van der Waals surface area contributed by atoms with Crippen LogP contribution in [0.4, 0.5) is 0 Å². The van der Waals surface area contributed by atoms with E-state index >= 15 is 0 Å². The van der Waals surface area contributed by atoms with Gasteiger partial charge < -0.3 is 4.90 Å². The van der Waals surface area contributed by atoms with Crippen molar-refractivity contribution in [3.63, 3.8) is 0 Å². The van der Waals surface area contributed by atoms with Crippen LogP contribution in [-0.4, -0.2) is 24.1 Å². The first-order valence-corrected chi connectivity index (χ1v) is 7.85. The van der Waals surface area contributed by atoms with E-state index in [1.807, 2.05) is 30.5 Å². The van der Waals surface area contributed by atoms with E-state index in [0.717, 1.165) is 5.56 Å². The number of benzene rings is 2. The zero-order valence-corrected chi connectivity index (χ0v) is 13.0. The molecule has 0 bridgehead atoms. The lowest BCUT2D eigenvalue weighted by molar-refractivity contribution is 0.0785. The fourth-order valence-electron chi connectivity index (χ4n) is 1.92. The van der Waals surface area contributed by atoms with Crippen molar-refractivity contribution < 1.29 is 4.79 Å². The SMILES string of the molecule is CSc1ccc(CN(C)C(=O)c2ccccc2Cl)cc1. The van der Waals surface area contributed by atoms with E-state index in [-0.39, 0.29) is 5.91 Å². The fraction of sp³-hybridized carbons (Fsp3) is 0.188. The molecule has 2 aromatic rings. The standard InChI is InChI=1S/C16H16ClNOS/c1-18(11-12-7-9-13(20-2)10-8-12)16(19)14-5-3-4-6-15(14)17/h3-10H,11H2,1-2H3. The Morgan fingerprint density at radius 2 is 1.80 bits per heavy atom. The Hall–Kier alpha value is -1.45. The predicted octanol–water partition coefficient (Wildman–Crippen LogP) is 4.33. The summed E-state index contributed by atoms with van der Waals surface area (Å²) in [7, 11) is 1.79. The molecule has 104 valence electrons. The molecule has 0 fully saturated rings. The summed E-state index contributed by atoms with van der Waals surface area (Å²) in [6.45, 7) is 0.568. The Balaban J connectivity index is 2.09. The number of carbonyl (C=O) groups is 1. The Morgan fingerprint density at radius 1 is 1.15 bits per heavy atom. The lowest BCUT2D eigenvalue weighted by Crippen LogP contribution is -2.26. The highest BCUT2D eigenvalue weighted by Gasteiger charge is 2.14. The molecule has 20 heavy (non-hydrogen) atoms. The summed E-state index contributed by atoms with van der Waals surface area (Å²) in [5.41, 5.74) is 1.64. The molecule has 2 nitrogen and oxygen atoms in total. The Labute approximate surface area is 128 Å². The molecular weight excluding hydrogens is 290 g/mol. The molecule has 0 aliphatic carbocycles. The maximum absolute atomic E-state index is 12.3. The van der Waals surface area contributed by atoms with Gasteiger partial charge in [0.2, 0.25) is 0 Å². The Kier molecular flexibility index (Phi) is 5.10. The van der Waals surface area contributed by atoms with Gasteiger partial charge in [0.05, 0.1) is 10.6 Å². The minimum absolute atomic E-state index is 0.0652. The molecule has 0 saturated carbocycles. The molecule has 0 aliphatic heterocycles. The first kappa shape index (κ1) is 14.9. The molecule has 0 heterocycles. The third-order valence-corrected chi connectivity index (χ3v) is 4.10. The molecule has 1 amide bonds. The van der Waals surface area contributed by atoms with Gasteiger partial charge in [-0.2, -0.15) is 0 Å². The predicted molar refractivity (Wildman–Crippen MR) is 85.5 cm³/mol. The first-order chi connectivity index (χ1) is 9.61. The number of nitrogens with zero attached hydrogens (tertiary/aromatic N) is 1. The van der Waals surface area contributed by atoms with Crippen molar-refractivity contribution in [2.45, 2.75) is 11.4 Å². The van der Waals surface area contributed by atoms with Crippen molar-refractivity contribution in [1.29, 1.82) is 0 Å². The maximum Gasteiger partial charge on any atom is 0.255 e. The topological polar surface area (TPSA) is 20.3 Å². The molecule has 0 spiro atoms. The second-order valence-electron chi connectivity index (χ2n) is 4.49. The van der Waals surface area contributed by atoms with E-state index in [0.29, 0.717) is 17.1 Å². The molecule has 0 aliphatic rings. The second kappa shape index (κ2) is 6.82. The van der Waals surface area contributed by atoms with E-state index in [2.05, 4.69) is 12.1 Å². The molecule has 0 atom stereocenters. The van der Waals surface area contributed by atoms with Crippen molar-refractivity contribution >= 4 is 29.3 Å². The van der Waals surface area contributed by atoms with E-state index < -0.39 is 0 Å². The van der Waals surface area contributed by atoms with Gasteiger partial charge in [-0.15, -0.1) is 11.8 Å². The van der Waals surface area contributed by atoms with Crippen LogP contribution in [0.3, 0.4) is 0 Å². The van der Waals surface area contributed by atoms with E-state index in [1.165, 1.54) is 4.90 Å². The Morgan fingerprint density at radius 3 is 2.40 bits per heavy atom. The smallest absolute Gasteiger partial charge is 0.255 e. The normalized spacial score (nSPS) is 10.3. The molecule has 4 heteroatoms. The van der Waals surface area contributed by atoms with Gasteiger partial charge in [-0.1, -0.05) is 35.9 Å². The van der Waals surface area contributed by atoms with Gasteiger partial charge in [0.1, 0.15) is 0 Å². The highest BCUT2D eigenvalue weighted by Crippen LogP contribution is 2.19. The van der Waals surface area contributed by atoms with Gasteiger partial charge in [0.15, 0.2) is 0 Å². The van der Waals surface area contributed by atoms with Crippen LogP contribution >= 0.6 is 23.4 Å². The lowest BCUT2D eigenvalue weighted by Gasteiger charge is -2.18. The van der Waals surface area contributed by atoms with Gasteiger partial charge in [0.25, 0.3) is 5.91 Å².